The molecule has 0 radical (unpaired) electrons. The fraction of sp³-hybridized carbons (Fsp3) is 0.130. The summed E-state index contributed by atoms with van der Waals surface area (Å²) in [5.41, 5.74) is -9.59. The molecule has 0 aromatic heterocycles. The second-order valence-electron chi connectivity index (χ2n) is 7.65. The highest BCUT2D eigenvalue weighted by Crippen LogP contribution is 2.39. The van der Waals surface area contributed by atoms with Crippen LogP contribution in [0.5, 0.6) is 0 Å². The second-order valence-corrected chi connectivity index (χ2v) is 9.17. The first-order valence-corrected chi connectivity index (χ1v) is 11.4. The van der Waals surface area contributed by atoms with Crippen molar-refractivity contribution in [2.75, 3.05) is 0 Å². The molecule has 194 valence electrons. The van der Waals surface area contributed by atoms with Crippen molar-refractivity contribution in [3.63, 3.8) is 0 Å². The van der Waals surface area contributed by atoms with Gasteiger partial charge in [-0.3, -0.25) is 9.59 Å². The lowest BCUT2D eigenvalue weighted by molar-refractivity contribution is -0.147. The van der Waals surface area contributed by atoms with Crippen molar-refractivity contribution in [3.05, 3.63) is 83.5 Å². The average molecular weight is 539 g/mol. The number of ether oxygens (including phenoxy) is 1. The van der Waals surface area contributed by atoms with Gasteiger partial charge in [0.05, 0.1) is 22.3 Å². The van der Waals surface area contributed by atoms with E-state index in [9.17, 15) is 45.9 Å². The quantitative estimate of drug-likeness (QED) is 0.182. The molecule has 10 nitrogen and oxygen atoms in total. The van der Waals surface area contributed by atoms with Gasteiger partial charge in [-0.15, -0.1) is 9.35 Å². The van der Waals surface area contributed by atoms with Crippen LogP contribution in [0.25, 0.3) is 11.6 Å². The van der Waals surface area contributed by atoms with Gasteiger partial charge in [0.25, 0.3) is 11.8 Å². The molecule has 2 amide bonds. The summed E-state index contributed by atoms with van der Waals surface area (Å²) in [6.07, 6.45) is 5.34. The van der Waals surface area contributed by atoms with Crippen LogP contribution in [-0.2, 0) is 33.5 Å². The zero-order valence-corrected chi connectivity index (χ0v) is 19.6. The summed E-state index contributed by atoms with van der Waals surface area (Å²) in [7, 11) is -6.41. The molecule has 0 spiro atoms. The van der Waals surface area contributed by atoms with Crippen molar-refractivity contribution >= 4 is 45.5 Å². The van der Waals surface area contributed by atoms with Crippen molar-refractivity contribution < 1.29 is 54.9 Å². The van der Waals surface area contributed by atoms with Crippen molar-refractivity contribution in [2.24, 2.45) is 0 Å². The molecule has 0 saturated carbocycles. The van der Waals surface area contributed by atoms with Gasteiger partial charge >= 0.3 is 27.6 Å². The zero-order chi connectivity index (χ0) is 27.9. The van der Waals surface area contributed by atoms with Gasteiger partial charge in [0, 0.05) is 5.56 Å². The zero-order valence-electron chi connectivity index (χ0n) is 18.7. The maximum Gasteiger partial charge on any atom is 0.525 e. The summed E-state index contributed by atoms with van der Waals surface area (Å²) in [6.45, 7) is 7.92. The number of carbonyl (C=O) groups excluding carboxylic acids is 3. The Morgan fingerprint density at radius 2 is 1.73 bits per heavy atom. The normalized spacial score (nSPS) is 19.8. The predicted molar refractivity (Wildman–Crippen MR) is 120 cm³/mol. The SMILES string of the molecule is C=C/C(C(=O)O)=C(\C=C)C(=O)OC1(C)C=Cc2cccc3c2C(=C1)C(=O)N(OS(=O)(=O)C(F)(F)F)C3=O. The number of rotatable bonds is 7. The van der Waals surface area contributed by atoms with E-state index >= 15 is 0 Å². The average Bonchev–Trinajstić information content (AvgIpc) is 2.94. The van der Waals surface area contributed by atoms with Crippen molar-refractivity contribution in [1.29, 1.82) is 0 Å². The van der Waals surface area contributed by atoms with E-state index in [-0.39, 0.29) is 16.7 Å². The number of alkyl halides is 3. The van der Waals surface area contributed by atoms with E-state index in [2.05, 4.69) is 17.4 Å². The first-order valence-electron chi connectivity index (χ1n) is 9.98. The minimum absolute atomic E-state index is 0.0745. The Hall–Kier alpha value is -4.30. The van der Waals surface area contributed by atoms with Crippen LogP contribution in [0.4, 0.5) is 13.2 Å². The van der Waals surface area contributed by atoms with E-state index in [4.69, 9.17) is 4.74 Å². The molecule has 1 aromatic carbocycles. The van der Waals surface area contributed by atoms with Crippen LogP contribution >= 0.6 is 0 Å². The minimum atomic E-state index is -6.41. The number of nitrogens with zero attached hydrogens (tertiary/aromatic N) is 1. The first-order chi connectivity index (χ1) is 17.1. The summed E-state index contributed by atoms with van der Waals surface area (Å²) in [6, 6.07) is 3.88. The number of hydroxylamine groups is 2. The van der Waals surface area contributed by atoms with Gasteiger partial charge in [-0.05, 0) is 30.7 Å². The highest BCUT2D eigenvalue weighted by Gasteiger charge is 2.52. The van der Waals surface area contributed by atoms with Gasteiger partial charge in [0.15, 0.2) is 0 Å². The molecule has 1 heterocycles. The third-order valence-electron chi connectivity index (χ3n) is 5.14. The number of aliphatic carboxylic acids is 1. The number of imide groups is 1. The van der Waals surface area contributed by atoms with E-state index in [1.165, 1.54) is 31.2 Å². The molecule has 1 unspecified atom stereocenters. The van der Waals surface area contributed by atoms with Crippen LogP contribution in [0.1, 0.15) is 28.4 Å². The van der Waals surface area contributed by atoms with E-state index in [0.717, 1.165) is 24.3 Å². The van der Waals surface area contributed by atoms with Crippen LogP contribution in [0.2, 0.25) is 0 Å². The molecular weight excluding hydrogens is 523 g/mol. The molecule has 0 bridgehead atoms. The van der Waals surface area contributed by atoms with Crippen LogP contribution in [-0.4, -0.2) is 53.4 Å². The van der Waals surface area contributed by atoms with Crippen molar-refractivity contribution in [3.8, 4) is 0 Å². The summed E-state index contributed by atoms with van der Waals surface area (Å²) in [5, 5.41) is 8.73. The van der Waals surface area contributed by atoms with Gasteiger partial charge in [-0.1, -0.05) is 43.5 Å². The number of esters is 1. The molecule has 1 aliphatic carbocycles. The van der Waals surface area contributed by atoms with E-state index in [1.54, 1.807) is 0 Å². The Balaban J connectivity index is 2.16. The van der Waals surface area contributed by atoms with Gasteiger partial charge in [0.2, 0.25) is 0 Å². The van der Waals surface area contributed by atoms with Crippen LogP contribution in [0.3, 0.4) is 0 Å². The fourth-order valence-electron chi connectivity index (χ4n) is 3.47. The lowest BCUT2D eigenvalue weighted by Crippen LogP contribution is -2.45. The van der Waals surface area contributed by atoms with E-state index in [1.807, 2.05) is 0 Å². The first kappa shape index (κ1) is 27.3. The molecule has 0 fully saturated rings. The van der Waals surface area contributed by atoms with Gasteiger partial charge in [0.1, 0.15) is 5.60 Å². The summed E-state index contributed by atoms with van der Waals surface area (Å²) in [5.74, 6) is -5.79. The summed E-state index contributed by atoms with van der Waals surface area (Å²) < 4.78 is 71.0. The van der Waals surface area contributed by atoms with Crippen LogP contribution in [0, 0.1) is 0 Å². The molecule has 3 rings (SSSR count). The largest absolute Gasteiger partial charge is 0.525 e. The Morgan fingerprint density at radius 3 is 2.27 bits per heavy atom. The maximum absolute atomic E-state index is 13.1. The Kier molecular flexibility index (Phi) is 6.85. The van der Waals surface area contributed by atoms with Gasteiger partial charge in [-0.25, -0.2) is 9.59 Å². The van der Waals surface area contributed by atoms with E-state index < -0.39 is 66.8 Å². The Morgan fingerprint density at radius 1 is 1.11 bits per heavy atom. The number of carbonyl (C=O) groups is 4. The molecule has 1 aliphatic heterocycles. The highest BCUT2D eigenvalue weighted by atomic mass is 32.2. The standard InChI is InChI=1S/C23H16F3NO9S/c1-4-13(20(30)31)14(5-2)21(32)35-22(3)10-9-12-7-6-8-15-17(12)16(11-22)19(29)27(18(15)28)36-37(33,34)23(24,25)26/h4-11H,1-2H2,3H3,(H,30,31)/b14-13-. The molecule has 14 heteroatoms. The third kappa shape index (κ3) is 4.88. The lowest BCUT2D eigenvalue weighted by Gasteiger charge is -2.29. The summed E-state index contributed by atoms with van der Waals surface area (Å²) in [4.78, 5) is 50.0. The number of carboxylic acids is 1. The van der Waals surface area contributed by atoms with Crippen LogP contribution in [0.15, 0.2) is 66.8 Å². The number of halogens is 3. The maximum atomic E-state index is 13.1. The van der Waals surface area contributed by atoms with Crippen LogP contribution < -0.4 is 0 Å². The number of benzene rings is 1. The van der Waals surface area contributed by atoms with Crippen molar-refractivity contribution in [2.45, 2.75) is 18.0 Å². The molecule has 1 aromatic rings. The predicted octanol–water partition coefficient (Wildman–Crippen LogP) is 2.92. The molecule has 1 atom stereocenters. The van der Waals surface area contributed by atoms with Gasteiger partial charge < -0.3 is 9.84 Å². The minimum Gasteiger partial charge on any atom is -0.478 e. The Labute approximate surface area is 207 Å². The summed E-state index contributed by atoms with van der Waals surface area (Å²) >= 11 is 0. The molecular formula is C23H16F3NO9S. The monoisotopic (exact) mass is 539 g/mol. The number of carboxylic acid groups (broad SMARTS) is 1. The molecule has 37 heavy (non-hydrogen) atoms. The molecule has 2 aliphatic rings. The molecule has 1 N–H and O–H groups in total. The van der Waals surface area contributed by atoms with Crippen molar-refractivity contribution in [1.82, 2.24) is 5.06 Å². The Bertz CT molecular complexity index is 1470. The fourth-order valence-corrected chi connectivity index (χ4v) is 3.89. The highest BCUT2D eigenvalue weighted by molar-refractivity contribution is 7.87. The molecule has 0 saturated heterocycles. The number of hydrogen-bond donors (Lipinski definition) is 1. The smallest absolute Gasteiger partial charge is 0.478 e. The lowest BCUT2D eigenvalue weighted by atomic mass is 9.89. The number of hydrogen-bond acceptors (Lipinski definition) is 8. The second kappa shape index (κ2) is 9.29. The third-order valence-corrected chi connectivity index (χ3v) is 6.05. The number of amides is 2. The van der Waals surface area contributed by atoms with Gasteiger partial charge in [-0.2, -0.15) is 21.6 Å². The topological polar surface area (TPSA) is 144 Å². The van der Waals surface area contributed by atoms with E-state index in [0.29, 0.717) is 0 Å².